The summed E-state index contributed by atoms with van der Waals surface area (Å²) in [5.74, 6) is 0. The number of nitrogens with zero attached hydrogens (tertiary/aromatic N) is 1. The average molecular weight is 400 g/mol. The molecule has 0 radical (unpaired) electrons. The monoisotopic (exact) mass is 399 g/mol. The van der Waals surface area contributed by atoms with Crippen molar-refractivity contribution >= 4 is 17.5 Å². The van der Waals surface area contributed by atoms with Crippen LogP contribution >= 0.6 is 0 Å². The summed E-state index contributed by atoms with van der Waals surface area (Å²) in [6.45, 7) is 4.08. The third-order valence-electron chi connectivity index (χ3n) is 5.07. The molecule has 0 spiro atoms. The molecule has 31 heavy (non-hydrogen) atoms. The molecule has 0 heterocycles. The minimum absolute atomic E-state index is 1.01. The number of benzene rings is 4. The van der Waals surface area contributed by atoms with Gasteiger partial charge in [0.1, 0.15) is 0 Å². The molecule has 0 aliphatic carbocycles. The maximum Gasteiger partial charge on any atom is 0.0462 e. The molecule has 150 valence electrons. The van der Waals surface area contributed by atoms with Crippen LogP contribution in [-0.2, 0) is 0 Å². The molecule has 0 saturated heterocycles. The van der Waals surface area contributed by atoms with Crippen molar-refractivity contribution in [3.8, 4) is 11.1 Å². The summed E-state index contributed by atoms with van der Waals surface area (Å²) in [7, 11) is 0. The predicted octanol–water partition coefficient (Wildman–Crippen LogP) is 8.28. The molecular formula is C30H25N. The second kappa shape index (κ2) is 10.1. The van der Waals surface area contributed by atoms with Gasteiger partial charge in [-0.05, 0) is 53.1 Å². The van der Waals surface area contributed by atoms with Crippen molar-refractivity contribution in [3.63, 3.8) is 0 Å². The molecule has 0 aliphatic heterocycles. The third-order valence-corrected chi connectivity index (χ3v) is 5.07. The van der Waals surface area contributed by atoms with Gasteiger partial charge in [-0.25, -0.2) is 0 Å². The fourth-order valence-corrected chi connectivity index (χ4v) is 3.51. The minimum Gasteiger partial charge on any atom is -0.311 e. The van der Waals surface area contributed by atoms with Crippen molar-refractivity contribution in [2.24, 2.45) is 0 Å². The van der Waals surface area contributed by atoms with Crippen LogP contribution in [-0.4, -0.2) is 0 Å². The second-order valence-corrected chi connectivity index (χ2v) is 7.15. The number of hydrogen-bond acceptors (Lipinski definition) is 1. The SMILES string of the molecule is C=CC(=CC=Cc1ccccc1)N(c1ccccc1)c1ccc(-c2ccccc2)cc1. The molecule has 0 aliphatic rings. The Labute approximate surface area is 184 Å². The predicted molar refractivity (Wildman–Crippen MR) is 134 cm³/mol. The molecule has 0 amide bonds. The summed E-state index contributed by atoms with van der Waals surface area (Å²) in [4.78, 5) is 2.22. The van der Waals surface area contributed by atoms with Crippen molar-refractivity contribution in [1.82, 2.24) is 0 Å². The summed E-state index contributed by atoms with van der Waals surface area (Å²) >= 11 is 0. The quantitative estimate of drug-likeness (QED) is 0.283. The zero-order chi connectivity index (χ0) is 21.3. The maximum absolute atomic E-state index is 4.08. The van der Waals surface area contributed by atoms with Gasteiger partial charge in [0.2, 0.25) is 0 Å². The molecule has 4 aromatic carbocycles. The molecular weight excluding hydrogens is 374 g/mol. The Bertz CT molecular complexity index is 1160. The van der Waals surface area contributed by atoms with Crippen LogP contribution in [0.3, 0.4) is 0 Å². The Kier molecular flexibility index (Phi) is 6.57. The first-order valence-corrected chi connectivity index (χ1v) is 10.4. The first-order valence-electron chi connectivity index (χ1n) is 10.4. The lowest BCUT2D eigenvalue weighted by atomic mass is 10.0. The van der Waals surface area contributed by atoms with Crippen LogP contribution in [0.1, 0.15) is 5.56 Å². The molecule has 0 N–H and O–H groups in total. The molecule has 0 bridgehead atoms. The van der Waals surface area contributed by atoms with Crippen molar-refractivity contribution in [2.45, 2.75) is 0 Å². The zero-order valence-electron chi connectivity index (χ0n) is 17.4. The Balaban J connectivity index is 1.69. The molecule has 0 aromatic heterocycles. The van der Waals surface area contributed by atoms with Crippen molar-refractivity contribution in [3.05, 3.63) is 151 Å². The maximum atomic E-state index is 4.08. The highest BCUT2D eigenvalue weighted by Gasteiger charge is 2.12. The lowest BCUT2D eigenvalue weighted by molar-refractivity contribution is 1.21. The van der Waals surface area contributed by atoms with Gasteiger partial charge >= 0.3 is 0 Å². The normalized spacial score (nSPS) is 11.4. The van der Waals surface area contributed by atoms with Crippen LogP contribution in [0, 0.1) is 0 Å². The average Bonchev–Trinajstić information content (AvgIpc) is 2.85. The van der Waals surface area contributed by atoms with Gasteiger partial charge in [-0.15, -0.1) is 0 Å². The molecule has 4 aromatic rings. The molecule has 0 fully saturated rings. The van der Waals surface area contributed by atoms with E-state index in [4.69, 9.17) is 0 Å². The smallest absolute Gasteiger partial charge is 0.0462 e. The van der Waals surface area contributed by atoms with Gasteiger partial charge in [0.05, 0.1) is 0 Å². The lowest BCUT2D eigenvalue weighted by Gasteiger charge is -2.26. The topological polar surface area (TPSA) is 3.24 Å². The highest BCUT2D eigenvalue weighted by molar-refractivity contribution is 5.74. The van der Waals surface area contributed by atoms with Crippen molar-refractivity contribution in [1.29, 1.82) is 0 Å². The summed E-state index contributed by atoms with van der Waals surface area (Å²) in [6, 6.07) is 39.8. The van der Waals surface area contributed by atoms with E-state index in [1.807, 2.05) is 36.4 Å². The van der Waals surface area contributed by atoms with Crippen LogP contribution in [0.2, 0.25) is 0 Å². The van der Waals surface area contributed by atoms with E-state index < -0.39 is 0 Å². The summed E-state index contributed by atoms with van der Waals surface area (Å²) in [5.41, 5.74) is 6.77. The Morgan fingerprint density at radius 3 is 1.71 bits per heavy atom. The first-order chi connectivity index (χ1) is 15.3. The van der Waals surface area contributed by atoms with Gasteiger partial charge in [-0.2, -0.15) is 0 Å². The van der Waals surface area contributed by atoms with Crippen LogP contribution in [0.5, 0.6) is 0 Å². The minimum atomic E-state index is 1.01. The number of para-hydroxylation sites is 1. The molecule has 1 nitrogen and oxygen atoms in total. The Morgan fingerprint density at radius 2 is 1.10 bits per heavy atom. The van der Waals surface area contributed by atoms with E-state index in [9.17, 15) is 0 Å². The first kappa shape index (κ1) is 20.2. The lowest BCUT2D eigenvalue weighted by Crippen LogP contribution is -2.14. The Hall–Kier alpha value is -4.10. The molecule has 1 heteroatoms. The molecule has 0 unspecified atom stereocenters. The van der Waals surface area contributed by atoms with Gasteiger partial charge in [-0.3, -0.25) is 0 Å². The van der Waals surface area contributed by atoms with Gasteiger partial charge < -0.3 is 4.90 Å². The molecule has 4 rings (SSSR count). The number of allylic oxidation sites excluding steroid dienone is 3. The number of rotatable bonds is 7. The van der Waals surface area contributed by atoms with Crippen LogP contribution in [0.4, 0.5) is 11.4 Å². The van der Waals surface area contributed by atoms with E-state index in [2.05, 4.69) is 115 Å². The van der Waals surface area contributed by atoms with E-state index in [0.29, 0.717) is 0 Å². The van der Waals surface area contributed by atoms with Crippen LogP contribution < -0.4 is 4.90 Å². The molecule has 0 saturated carbocycles. The zero-order valence-corrected chi connectivity index (χ0v) is 17.4. The largest absolute Gasteiger partial charge is 0.311 e. The highest BCUT2D eigenvalue weighted by Crippen LogP contribution is 2.32. The van der Waals surface area contributed by atoms with Crippen molar-refractivity contribution in [2.75, 3.05) is 4.90 Å². The highest BCUT2D eigenvalue weighted by atomic mass is 15.1. The van der Waals surface area contributed by atoms with Crippen molar-refractivity contribution < 1.29 is 0 Å². The van der Waals surface area contributed by atoms with Crippen LogP contribution in [0.15, 0.2) is 146 Å². The van der Waals surface area contributed by atoms with Gasteiger partial charge in [0, 0.05) is 17.1 Å². The van der Waals surface area contributed by atoms with Crippen LogP contribution in [0.25, 0.3) is 17.2 Å². The standard InChI is InChI=1S/C30H25N/c1-2-28(20-12-15-25-13-6-3-7-14-25)31(29-18-10-5-11-19-29)30-23-21-27(22-24-30)26-16-8-4-9-17-26/h2-24H,1H2. The van der Waals surface area contributed by atoms with E-state index in [1.54, 1.807) is 0 Å². The molecule has 0 atom stereocenters. The van der Waals surface area contributed by atoms with Gasteiger partial charge in [0.25, 0.3) is 0 Å². The number of anilines is 2. The Morgan fingerprint density at radius 1 is 0.581 bits per heavy atom. The summed E-state index contributed by atoms with van der Waals surface area (Å²) < 4.78 is 0. The summed E-state index contributed by atoms with van der Waals surface area (Å²) in [6.07, 6.45) is 8.16. The fraction of sp³-hybridized carbons (Fsp3) is 0. The second-order valence-electron chi connectivity index (χ2n) is 7.15. The van der Waals surface area contributed by atoms with Gasteiger partial charge in [-0.1, -0.05) is 110 Å². The summed E-state index contributed by atoms with van der Waals surface area (Å²) in [5, 5.41) is 0. The van der Waals surface area contributed by atoms with E-state index >= 15 is 0 Å². The van der Waals surface area contributed by atoms with Gasteiger partial charge in [0.15, 0.2) is 0 Å². The van der Waals surface area contributed by atoms with E-state index in [0.717, 1.165) is 17.1 Å². The fourth-order valence-electron chi connectivity index (χ4n) is 3.51. The van der Waals surface area contributed by atoms with E-state index in [1.165, 1.54) is 16.7 Å². The number of hydrogen-bond donors (Lipinski definition) is 0. The van der Waals surface area contributed by atoms with E-state index in [-0.39, 0.29) is 0 Å². The third kappa shape index (κ3) is 5.09.